The molecule has 4 heteroatoms. The number of para-hydroxylation sites is 1. The van der Waals surface area contributed by atoms with Crippen molar-refractivity contribution in [1.29, 1.82) is 0 Å². The van der Waals surface area contributed by atoms with Crippen LogP contribution in [0.5, 0.6) is 0 Å². The second kappa shape index (κ2) is 6.05. The van der Waals surface area contributed by atoms with E-state index in [1.54, 1.807) is 0 Å². The number of H-pyrrole nitrogens is 1. The Morgan fingerprint density at radius 3 is 2.80 bits per heavy atom. The maximum Gasteiger partial charge on any atom is 0.0803 e. The van der Waals surface area contributed by atoms with E-state index in [2.05, 4.69) is 81.2 Å². The number of hydrogen-bond acceptors (Lipinski definition) is 3. The number of likely N-dealkylation sites (tertiary alicyclic amines) is 1. The summed E-state index contributed by atoms with van der Waals surface area (Å²) in [6.45, 7) is 3.17. The quantitative estimate of drug-likeness (QED) is 0.769. The van der Waals surface area contributed by atoms with E-state index >= 15 is 0 Å². The van der Waals surface area contributed by atoms with Crippen LogP contribution >= 0.6 is 0 Å². The van der Waals surface area contributed by atoms with Crippen LogP contribution in [-0.4, -0.2) is 28.7 Å². The van der Waals surface area contributed by atoms with Crippen molar-refractivity contribution in [3.8, 4) is 0 Å². The van der Waals surface area contributed by atoms with E-state index in [1.165, 1.54) is 27.7 Å². The number of rotatable bonds is 3. The predicted molar refractivity (Wildman–Crippen MR) is 101 cm³/mol. The smallest absolute Gasteiger partial charge is 0.0803 e. The van der Waals surface area contributed by atoms with Crippen LogP contribution < -0.4 is 5.43 Å². The van der Waals surface area contributed by atoms with Crippen LogP contribution in [0, 0.1) is 5.92 Å². The fraction of sp³-hybridized carbons (Fsp3) is 0.286. The molecule has 2 aromatic carbocycles. The second-order valence-corrected chi connectivity index (χ2v) is 7.08. The molecule has 2 unspecified atom stereocenters. The van der Waals surface area contributed by atoms with Crippen molar-refractivity contribution in [2.24, 2.45) is 11.0 Å². The second-order valence-electron chi connectivity index (χ2n) is 7.08. The molecule has 1 aromatic heterocycles. The number of hydrogen-bond donors (Lipinski definition) is 2. The fourth-order valence-electron chi connectivity index (χ4n) is 4.23. The summed E-state index contributed by atoms with van der Waals surface area (Å²) in [5.41, 5.74) is 8.67. The van der Waals surface area contributed by atoms with Gasteiger partial charge in [0.1, 0.15) is 0 Å². The number of nitrogens with zero attached hydrogens (tertiary/aromatic N) is 2. The van der Waals surface area contributed by atoms with Gasteiger partial charge < -0.3 is 10.4 Å². The summed E-state index contributed by atoms with van der Waals surface area (Å²) >= 11 is 0. The van der Waals surface area contributed by atoms with E-state index in [-0.39, 0.29) is 6.04 Å². The third-order valence-electron chi connectivity index (χ3n) is 5.52. The summed E-state index contributed by atoms with van der Waals surface area (Å²) < 4.78 is 0. The first-order valence-electron chi connectivity index (χ1n) is 9.03. The molecule has 2 atom stereocenters. The Kier molecular flexibility index (Phi) is 3.56. The number of piperidine rings is 1. The summed E-state index contributed by atoms with van der Waals surface area (Å²) in [5.74, 6) is 0.455. The van der Waals surface area contributed by atoms with Crippen LogP contribution in [0.15, 0.2) is 65.9 Å². The molecule has 0 radical (unpaired) electrons. The Morgan fingerprint density at radius 2 is 1.88 bits per heavy atom. The molecule has 0 saturated carbocycles. The zero-order chi connectivity index (χ0) is 16.6. The minimum Gasteiger partial charge on any atom is -0.361 e. The fourth-order valence-corrected chi connectivity index (χ4v) is 4.23. The van der Waals surface area contributed by atoms with Crippen molar-refractivity contribution in [2.45, 2.75) is 19.0 Å². The third-order valence-corrected chi connectivity index (χ3v) is 5.52. The van der Waals surface area contributed by atoms with Gasteiger partial charge in [-0.25, -0.2) is 0 Å². The molecule has 2 aliphatic rings. The standard InChI is InChI=1S/C21H22N4/c1-2-6-15(7-3-1)13-25-11-10-20-18(14-25)21(24-23-20)17-12-22-19-9-5-4-8-16(17)19/h1-9,12,18,21-22,24H,10-11,13-14H2. The van der Waals surface area contributed by atoms with Gasteiger partial charge in [0.25, 0.3) is 0 Å². The molecule has 2 N–H and O–H groups in total. The van der Waals surface area contributed by atoms with Crippen LogP contribution in [0.4, 0.5) is 0 Å². The highest BCUT2D eigenvalue weighted by Crippen LogP contribution is 2.36. The van der Waals surface area contributed by atoms with Crippen molar-refractivity contribution in [1.82, 2.24) is 15.3 Å². The van der Waals surface area contributed by atoms with Gasteiger partial charge in [0.2, 0.25) is 0 Å². The Bertz CT molecular complexity index is 912. The van der Waals surface area contributed by atoms with Gasteiger partial charge >= 0.3 is 0 Å². The lowest BCUT2D eigenvalue weighted by Crippen LogP contribution is -2.41. The molecule has 5 rings (SSSR count). The number of hydrazone groups is 1. The molecule has 4 nitrogen and oxygen atoms in total. The van der Waals surface area contributed by atoms with Gasteiger partial charge in [-0.15, -0.1) is 0 Å². The highest BCUT2D eigenvalue weighted by molar-refractivity contribution is 5.91. The maximum atomic E-state index is 4.67. The Morgan fingerprint density at radius 1 is 1.04 bits per heavy atom. The lowest BCUT2D eigenvalue weighted by atomic mass is 9.86. The highest BCUT2D eigenvalue weighted by Gasteiger charge is 2.37. The van der Waals surface area contributed by atoms with E-state index in [0.717, 1.165) is 26.1 Å². The van der Waals surface area contributed by atoms with E-state index in [4.69, 9.17) is 0 Å². The number of fused-ring (bicyclic) bond motifs is 2. The molecular weight excluding hydrogens is 308 g/mol. The first kappa shape index (κ1) is 14.7. The predicted octanol–water partition coefficient (Wildman–Crippen LogP) is 3.69. The van der Waals surface area contributed by atoms with Crippen molar-refractivity contribution in [3.05, 3.63) is 71.9 Å². The summed E-state index contributed by atoms with van der Waals surface area (Å²) in [6.07, 6.45) is 3.21. The Hall–Kier alpha value is -2.59. The van der Waals surface area contributed by atoms with Gasteiger partial charge in [0.05, 0.1) is 6.04 Å². The molecular formula is C21H22N4. The van der Waals surface area contributed by atoms with E-state index in [9.17, 15) is 0 Å². The molecule has 3 aromatic rings. The maximum absolute atomic E-state index is 4.67. The van der Waals surface area contributed by atoms with Crippen molar-refractivity contribution in [3.63, 3.8) is 0 Å². The number of benzene rings is 2. The molecule has 1 fully saturated rings. The number of aromatic nitrogens is 1. The lowest BCUT2D eigenvalue weighted by Gasteiger charge is -2.33. The lowest BCUT2D eigenvalue weighted by molar-refractivity contribution is 0.220. The summed E-state index contributed by atoms with van der Waals surface area (Å²) in [7, 11) is 0. The van der Waals surface area contributed by atoms with Crippen molar-refractivity contribution < 1.29 is 0 Å². The molecule has 0 bridgehead atoms. The van der Waals surface area contributed by atoms with Gasteiger partial charge in [0, 0.05) is 60.3 Å². The van der Waals surface area contributed by atoms with Gasteiger partial charge in [0.15, 0.2) is 0 Å². The minimum atomic E-state index is 0.268. The summed E-state index contributed by atoms with van der Waals surface area (Å²) in [4.78, 5) is 5.97. The van der Waals surface area contributed by atoms with Crippen LogP contribution in [0.3, 0.4) is 0 Å². The first-order valence-corrected chi connectivity index (χ1v) is 9.03. The zero-order valence-corrected chi connectivity index (χ0v) is 14.2. The minimum absolute atomic E-state index is 0.268. The van der Waals surface area contributed by atoms with E-state index in [1.807, 2.05) is 0 Å². The number of aromatic amines is 1. The molecule has 0 aliphatic carbocycles. The molecule has 0 spiro atoms. The van der Waals surface area contributed by atoms with Crippen molar-refractivity contribution >= 4 is 16.6 Å². The van der Waals surface area contributed by atoms with Crippen LogP contribution in [0.2, 0.25) is 0 Å². The van der Waals surface area contributed by atoms with Crippen molar-refractivity contribution in [2.75, 3.05) is 13.1 Å². The Balaban J connectivity index is 1.39. The third kappa shape index (κ3) is 2.63. The first-order chi connectivity index (χ1) is 12.4. The average Bonchev–Trinajstić information content (AvgIpc) is 3.26. The van der Waals surface area contributed by atoms with Crippen LogP contribution in [0.25, 0.3) is 10.9 Å². The molecule has 2 aliphatic heterocycles. The molecule has 126 valence electrons. The molecule has 25 heavy (non-hydrogen) atoms. The zero-order valence-electron chi connectivity index (χ0n) is 14.2. The van der Waals surface area contributed by atoms with Crippen LogP contribution in [-0.2, 0) is 6.54 Å². The average molecular weight is 330 g/mol. The van der Waals surface area contributed by atoms with Gasteiger partial charge in [-0.1, -0.05) is 48.5 Å². The molecule has 1 saturated heterocycles. The molecule has 0 amide bonds. The normalized spacial score (nSPS) is 23.3. The summed E-state index contributed by atoms with van der Waals surface area (Å²) in [5, 5.41) is 5.97. The van der Waals surface area contributed by atoms with Gasteiger partial charge in [-0.05, 0) is 11.6 Å². The van der Waals surface area contributed by atoms with Gasteiger partial charge in [-0.2, -0.15) is 5.10 Å². The summed E-state index contributed by atoms with van der Waals surface area (Å²) in [6, 6.07) is 19.6. The van der Waals surface area contributed by atoms with E-state index in [0.29, 0.717) is 5.92 Å². The topological polar surface area (TPSA) is 43.4 Å². The SMILES string of the molecule is c1ccc(CN2CCC3=NNC(c4c[nH]c5ccccc45)C3C2)cc1. The molecule has 3 heterocycles. The number of nitrogens with one attached hydrogen (secondary N) is 2. The highest BCUT2D eigenvalue weighted by atomic mass is 15.4. The van der Waals surface area contributed by atoms with E-state index < -0.39 is 0 Å². The Labute approximate surface area is 147 Å². The monoisotopic (exact) mass is 330 g/mol. The largest absolute Gasteiger partial charge is 0.361 e. The van der Waals surface area contributed by atoms with Gasteiger partial charge in [-0.3, -0.25) is 4.90 Å². The van der Waals surface area contributed by atoms with Crippen LogP contribution in [0.1, 0.15) is 23.6 Å².